The van der Waals surface area contributed by atoms with Gasteiger partial charge >= 0.3 is 23.9 Å². The maximum Gasteiger partial charge on any atom is 0.311 e. The first-order valence-corrected chi connectivity index (χ1v) is 8.97. The molecule has 0 aromatic carbocycles. The van der Waals surface area contributed by atoms with E-state index in [4.69, 9.17) is 9.47 Å². The van der Waals surface area contributed by atoms with E-state index in [1.54, 1.807) is 34.6 Å². The zero-order valence-corrected chi connectivity index (χ0v) is 16.3. The lowest BCUT2D eigenvalue weighted by molar-refractivity contribution is -0.162. The van der Waals surface area contributed by atoms with Gasteiger partial charge in [0, 0.05) is 0 Å². The summed E-state index contributed by atoms with van der Waals surface area (Å²) in [4.78, 5) is 47.7. The van der Waals surface area contributed by atoms with Gasteiger partial charge in [0.1, 0.15) is 0 Å². The van der Waals surface area contributed by atoms with Crippen molar-refractivity contribution in [1.82, 2.24) is 0 Å². The summed E-state index contributed by atoms with van der Waals surface area (Å²) in [5.41, 5.74) is 0.558. The molecule has 1 aliphatic rings. The van der Waals surface area contributed by atoms with Crippen molar-refractivity contribution in [3.63, 3.8) is 0 Å². The Morgan fingerprint density at radius 1 is 1.04 bits per heavy atom. The Labute approximate surface area is 158 Å². The SMILES string of the molecule is CC1=CC(C(=O)O)C(C(=O)O)CC1C(CC(=O)OC(C)C)C(=O)OC(C)C. The number of esters is 2. The van der Waals surface area contributed by atoms with Crippen LogP contribution in [0.1, 0.15) is 47.5 Å². The Bertz CT molecular complexity index is 619. The number of ether oxygens (including phenoxy) is 2. The van der Waals surface area contributed by atoms with Crippen LogP contribution in [-0.2, 0) is 28.7 Å². The van der Waals surface area contributed by atoms with Crippen LogP contribution in [0.3, 0.4) is 0 Å². The van der Waals surface area contributed by atoms with Crippen molar-refractivity contribution >= 4 is 23.9 Å². The van der Waals surface area contributed by atoms with Crippen molar-refractivity contribution < 1.29 is 38.9 Å². The second-order valence-corrected chi connectivity index (χ2v) is 7.40. The van der Waals surface area contributed by atoms with Crippen molar-refractivity contribution in [2.45, 2.75) is 59.7 Å². The van der Waals surface area contributed by atoms with Gasteiger partial charge in [0.2, 0.25) is 0 Å². The van der Waals surface area contributed by atoms with Gasteiger partial charge in [-0.25, -0.2) is 0 Å². The quantitative estimate of drug-likeness (QED) is 0.482. The zero-order valence-electron chi connectivity index (χ0n) is 16.3. The lowest BCUT2D eigenvalue weighted by atomic mass is 9.70. The molecule has 0 aromatic heterocycles. The molecule has 0 bridgehead atoms. The number of hydrogen-bond acceptors (Lipinski definition) is 6. The van der Waals surface area contributed by atoms with Crippen molar-refractivity contribution in [3.8, 4) is 0 Å². The third kappa shape index (κ3) is 6.37. The van der Waals surface area contributed by atoms with E-state index in [2.05, 4.69) is 0 Å². The molecule has 152 valence electrons. The number of carboxylic acid groups (broad SMARTS) is 2. The van der Waals surface area contributed by atoms with Gasteiger partial charge in [-0.1, -0.05) is 11.6 Å². The smallest absolute Gasteiger partial charge is 0.311 e. The predicted molar refractivity (Wildman–Crippen MR) is 94.7 cm³/mol. The summed E-state index contributed by atoms with van der Waals surface area (Å²) in [6.07, 6.45) is 0.269. The lowest BCUT2D eigenvalue weighted by Gasteiger charge is -2.34. The molecule has 27 heavy (non-hydrogen) atoms. The van der Waals surface area contributed by atoms with E-state index in [-0.39, 0.29) is 18.9 Å². The van der Waals surface area contributed by atoms with Crippen molar-refractivity contribution in [2.75, 3.05) is 0 Å². The second-order valence-electron chi connectivity index (χ2n) is 7.40. The molecule has 1 aliphatic carbocycles. The minimum atomic E-state index is -1.25. The van der Waals surface area contributed by atoms with Crippen LogP contribution >= 0.6 is 0 Å². The van der Waals surface area contributed by atoms with Gasteiger partial charge in [-0.15, -0.1) is 0 Å². The number of carbonyl (C=O) groups excluding carboxylic acids is 2. The first-order valence-electron chi connectivity index (χ1n) is 8.97. The van der Waals surface area contributed by atoms with Gasteiger partial charge in [-0.3, -0.25) is 19.2 Å². The van der Waals surface area contributed by atoms with Crippen molar-refractivity contribution in [1.29, 1.82) is 0 Å². The molecule has 0 saturated carbocycles. The normalized spacial score (nSPS) is 23.5. The molecule has 2 N–H and O–H groups in total. The highest BCUT2D eigenvalue weighted by atomic mass is 16.5. The number of rotatable bonds is 8. The molecule has 4 unspecified atom stereocenters. The fourth-order valence-corrected chi connectivity index (χ4v) is 3.31. The summed E-state index contributed by atoms with van der Waals surface area (Å²) in [6.45, 7) is 8.35. The average Bonchev–Trinajstić information content (AvgIpc) is 2.50. The lowest BCUT2D eigenvalue weighted by Crippen LogP contribution is -2.39. The highest BCUT2D eigenvalue weighted by Gasteiger charge is 2.44. The Morgan fingerprint density at radius 2 is 1.59 bits per heavy atom. The highest BCUT2D eigenvalue weighted by molar-refractivity contribution is 5.84. The molecule has 0 saturated heterocycles. The topological polar surface area (TPSA) is 127 Å². The molecule has 0 spiro atoms. The first-order chi connectivity index (χ1) is 12.4. The monoisotopic (exact) mass is 384 g/mol. The number of allylic oxidation sites excluding steroid dienone is 1. The number of aliphatic carboxylic acids is 2. The molecule has 0 aliphatic heterocycles. The van der Waals surface area contributed by atoms with Crippen molar-refractivity contribution in [3.05, 3.63) is 11.6 Å². The minimum Gasteiger partial charge on any atom is -0.481 e. The van der Waals surface area contributed by atoms with E-state index in [0.29, 0.717) is 5.57 Å². The minimum absolute atomic E-state index is 0.0680. The molecule has 0 aromatic rings. The van der Waals surface area contributed by atoms with E-state index in [0.717, 1.165) is 0 Å². The fourth-order valence-electron chi connectivity index (χ4n) is 3.31. The zero-order chi connectivity index (χ0) is 20.9. The molecular weight excluding hydrogens is 356 g/mol. The van der Waals surface area contributed by atoms with Crippen LogP contribution in [0, 0.1) is 23.7 Å². The first kappa shape index (κ1) is 22.7. The summed E-state index contributed by atoms with van der Waals surface area (Å²) in [6, 6.07) is 0. The van der Waals surface area contributed by atoms with Crippen LogP contribution in [0.25, 0.3) is 0 Å². The Kier molecular flexibility index (Phi) is 7.99. The van der Waals surface area contributed by atoms with E-state index in [9.17, 15) is 29.4 Å². The summed E-state index contributed by atoms with van der Waals surface area (Å²) in [5, 5.41) is 18.7. The molecule has 0 heterocycles. The van der Waals surface area contributed by atoms with E-state index in [1.165, 1.54) is 6.08 Å². The summed E-state index contributed by atoms with van der Waals surface area (Å²) < 4.78 is 10.4. The molecule has 0 amide bonds. The third-order valence-electron chi connectivity index (χ3n) is 4.47. The van der Waals surface area contributed by atoms with E-state index < -0.39 is 53.7 Å². The summed E-state index contributed by atoms with van der Waals surface area (Å²) in [5.74, 6) is -7.62. The van der Waals surface area contributed by atoms with Crippen LogP contribution in [0.15, 0.2) is 11.6 Å². The number of carbonyl (C=O) groups is 4. The van der Waals surface area contributed by atoms with Gasteiger partial charge in [-0.2, -0.15) is 0 Å². The average molecular weight is 384 g/mol. The molecular formula is C19H28O8. The maximum atomic E-state index is 12.6. The van der Waals surface area contributed by atoms with Gasteiger partial charge in [0.25, 0.3) is 0 Å². The Morgan fingerprint density at radius 3 is 2.04 bits per heavy atom. The van der Waals surface area contributed by atoms with Crippen LogP contribution in [0.5, 0.6) is 0 Å². The predicted octanol–water partition coefficient (Wildman–Crippen LogP) is 2.26. The molecule has 0 radical (unpaired) electrons. The van der Waals surface area contributed by atoms with E-state index >= 15 is 0 Å². The largest absolute Gasteiger partial charge is 0.481 e. The number of hydrogen-bond donors (Lipinski definition) is 2. The molecule has 4 atom stereocenters. The molecule has 0 fully saturated rings. The van der Waals surface area contributed by atoms with Gasteiger partial charge in [0.15, 0.2) is 0 Å². The molecule has 8 nitrogen and oxygen atoms in total. The highest BCUT2D eigenvalue weighted by Crippen LogP contribution is 2.39. The van der Waals surface area contributed by atoms with Crippen LogP contribution in [0.4, 0.5) is 0 Å². The maximum absolute atomic E-state index is 12.6. The Balaban J connectivity index is 3.20. The van der Waals surface area contributed by atoms with Gasteiger partial charge < -0.3 is 19.7 Å². The van der Waals surface area contributed by atoms with E-state index in [1.807, 2.05) is 0 Å². The van der Waals surface area contributed by atoms with Crippen LogP contribution in [-0.4, -0.2) is 46.3 Å². The summed E-state index contributed by atoms with van der Waals surface area (Å²) >= 11 is 0. The number of carboxylic acids is 2. The second kappa shape index (κ2) is 9.53. The standard InChI is InChI=1S/C19H28O8/c1-9(2)26-16(20)8-15(19(25)27-10(3)4)12-7-14(18(23)24)13(17(21)22)6-11(12)5/h6,9-10,12-15H,7-8H2,1-5H3,(H,21,22)(H,23,24). The van der Waals surface area contributed by atoms with Gasteiger partial charge in [-0.05, 0) is 47.0 Å². The molecule has 8 heteroatoms. The van der Waals surface area contributed by atoms with Crippen LogP contribution in [0.2, 0.25) is 0 Å². The third-order valence-corrected chi connectivity index (χ3v) is 4.47. The summed E-state index contributed by atoms with van der Waals surface area (Å²) in [7, 11) is 0. The van der Waals surface area contributed by atoms with Gasteiger partial charge in [0.05, 0.1) is 36.4 Å². The Hall–Kier alpha value is -2.38. The molecule has 1 rings (SSSR count). The van der Waals surface area contributed by atoms with Crippen LogP contribution < -0.4 is 0 Å². The van der Waals surface area contributed by atoms with Crippen molar-refractivity contribution in [2.24, 2.45) is 23.7 Å². The fraction of sp³-hybridized carbons (Fsp3) is 0.684.